The molecule has 1 amide bonds. The van der Waals surface area contributed by atoms with Crippen LogP contribution in [0.15, 0.2) is 47.4 Å². The van der Waals surface area contributed by atoms with Crippen LogP contribution in [0.3, 0.4) is 0 Å². The molecule has 0 aliphatic carbocycles. The summed E-state index contributed by atoms with van der Waals surface area (Å²) in [5.41, 5.74) is 1.29. The molecule has 3 rings (SSSR count). The van der Waals surface area contributed by atoms with Gasteiger partial charge >= 0.3 is 0 Å². The Morgan fingerprint density at radius 1 is 1.29 bits per heavy atom. The molecule has 2 aromatic rings. The molecule has 0 spiro atoms. The monoisotopic (exact) mass is 377 g/mol. The highest BCUT2D eigenvalue weighted by Crippen LogP contribution is 2.39. The van der Waals surface area contributed by atoms with E-state index in [1.54, 1.807) is 42.5 Å². The van der Waals surface area contributed by atoms with Crippen molar-refractivity contribution in [2.45, 2.75) is 0 Å². The van der Waals surface area contributed by atoms with Crippen LogP contribution in [-0.2, 0) is 4.79 Å². The van der Waals surface area contributed by atoms with E-state index in [0.29, 0.717) is 25.7 Å². The number of carbonyl (C=O) groups excluding carboxylic acids is 1. The number of ether oxygens (including phenoxy) is 1. The SMILES string of the molecule is COc1cc(/C=C2/SC(=S)N(c3ccccc3Cl)C2=O)ccc1O. The van der Waals surface area contributed by atoms with Crippen LogP contribution in [0.1, 0.15) is 5.56 Å². The first-order valence-corrected chi connectivity index (χ1v) is 8.51. The first kappa shape index (κ1) is 16.8. The minimum absolute atomic E-state index is 0.0401. The summed E-state index contributed by atoms with van der Waals surface area (Å²) >= 11 is 12.7. The van der Waals surface area contributed by atoms with Crippen molar-refractivity contribution in [3.8, 4) is 11.5 Å². The molecule has 1 saturated heterocycles. The van der Waals surface area contributed by atoms with Gasteiger partial charge < -0.3 is 9.84 Å². The highest BCUT2D eigenvalue weighted by Gasteiger charge is 2.34. The lowest BCUT2D eigenvalue weighted by Crippen LogP contribution is -2.27. The second kappa shape index (κ2) is 6.84. The smallest absolute Gasteiger partial charge is 0.270 e. The van der Waals surface area contributed by atoms with Gasteiger partial charge in [-0.05, 0) is 35.9 Å². The summed E-state index contributed by atoms with van der Waals surface area (Å²) < 4.78 is 5.50. The van der Waals surface area contributed by atoms with Crippen molar-refractivity contribution in [2.75, 3.05) is 12.0 Å². The fraction of sp³-hybridized carbons (Fsp3) is 0.0588. The average molecular weight is 378 g/mol. The van der Waals surface area contributed by atoms with Crippen LogP contribution in [0.2, 0.25) is 5.02 Å². The highest BCUT2D eigenvalue weighted by molar-refractivity contribution is 8.27. The summed E-state index contributed by atoms with van der Waals surface area (Å²) in [7, 11) is 1.47. The number of nitrogens with zero attached hydrogens (tertiary/aromatic N) is 1. The fourth-order valence-corrected chi connectivity index (χ4v) is 3.75. The van der Waals surface area contributed by atoms with E-state index in [9.17, 15) is 9.90 Å². The molecule has 0 bridgehead atoms. The normalized spacial score (nSPS) is 16.1. The zero-order chi connectivity index (χ0) is 17.3. The van der Waals surface area contributed by atoms with E-state index >= 15 is 0 Å². The zero-order valence-electron chi connectivity index (χ0n) is 12.5. The van der Waals surface area contributed by atoms with Crippen molar-refractivity contribution >= 4 is 57.6 Å². The van der Waals surface area contributed by atoms with Gasteiger partial charge in [0, 0.05) is 0 Å². The summed E-state index contributed by atoms with van der Waals surface area (Å²) in [6.45, 7) is 0. The highest BCUT2D eigenvalue weighted by atomic mass is 35.5. The molecule has 0 unspecified atom stereocenters. The minimum atomic E-state index is -0.231. The third-order valence-electron chi connectivity index (χ3n) is 3.39. The zero-order valence-corrected chi connectivity index (χ0v) is 14.9. The van der Waals surface area contributed by atoms with E-state index in [1.165, 1.54) is 29.8 Å². The molecule has 1 aliphatic heterocycles. The van der Waals surface area contributed by atoms with Gasteiger partial charge in [-0.25, -0.2) is 0 Å². The van der Waals surface area contributed by atoms with Gasteiger partial charge in [-0.2, -0.15) is 0 Å². The third-order valence-corrected chi connectivity index (χ3v) is 5.01. The number of hydrogen-bond acceptors (Lipinski definition) is 5. The molecule has 1 heterocycles. The maximum absolute atomic E-state index is 12.7. The summed E-state index contributed by atoms with van der Waals surface area (Å²) in [5, 5.41) is 10.1. The van der Waals surface area contributed by atoms with Gasteiger partial charge in [-0.3, -0.25) is 9.69 Å². The van der Waals surface area contributed by atoms with E-state index in [-0.39, 0.29) is 11.7 Å². The first-order valence-electron chi connectivity index (χ1n) is 6.91. The molecule has 24 heavy (non-hydrogen) atoms. The van der Waals surface area contributed by atoms with Crippen molar-refractivity contribution in [2.24, 2.45) is 0 Å². The van der Waals surface area contributed by atoms with Gasteiger partial charge in [0.1, 0.15) is 0 Å². The summed E-state index contributed by atoms with van der Waals surface area (Å²) in [6.07, 6.45) is 1.71. The predicted molar refractivity (Wildman–Crippen MR) is 102 cm³/mol. The molecule has 122 valence electrons. The van der Waals surface area contributed by atoms with Crippen molar-refractivity contribution in [3.63, 3.8) is 0 Å². The number of thioether (sulfide) groups is 1. The number of rotatable bonds is 3. The molecule has 4 nitrogen and oxygen atoms in total. The van der Waals surface area contributed by atoms with Crippen LogP contribution in [0, 0.1) is 0 Å². The quantitative estimate of drug-likeness (QED) is 0.632. The second-order valence-corrected chi connectivity index (χ2v) is 6.98. The number of halogens is 1. The lowest BCUT2D eigenvalue weighted by Gasteiger charge is -2.15. The number of methoxy groups -OCH3 is 1. The van der Waals surface area contributed by atoms with E-state index < -0.39 is 0 Å². The van der Waals surface area contributed by atoms with E-state index in [0.717, 1.165) is 5.56 Å². The van der Waals surface area contributed by atoms with Crippen molar-refractivity contribution < 1.29 is 14.6 Å². The van der Waals surface area contributed by atoms with Gasteiger partial charge in [0.2, 0.25) is 0 Å². The molecule has 7 heteroatoms. The lowest BCUT2D eigenvalue weighted by molar-refractivity contribution is -0.113. The number of amides is 1. The molecule has 0 atom stereocenters. The third kappa shape index (κ3) is 3.13. The Hall–Kier alpha value is -2.02. The molecule has 1 N–H and O–H groups in total. The maximum Gasteiger partial charge on any atom is 0.270 e. The summed E-state index contributed by atoms with van der Waals surface area (Å²) in [6, 6.07) is 11.9. The van der Waals surface area contributed by atoms with Crippen LogP contribution in [-0.4, -0.2) is 22.4 Å². The Balaban J connectivity index is 1.96. The molecule has 0 radical (unpaired) electrons. The number of benzene rings is 2. The van der Waals surface area contributed by atoms with Gasteiger partial charge in [0.05, 0.1) is 22.7 Å². The van der Waals surface area contributed by atoms with Crippen LogP contribution in [0.5, 0.6) is 11.5 Å². The number of carbonyl (C=O) groups is 1. The average Bonchev–Trinajstić information content (AvgIpc) is 2.84. The molecule has 1 fully saturated rings. The standard InChI is InChI=1S/C17H12ClNO3S2/c1-22-14-8-10(6-7-13(14)20)9-15-16(21)19(17(23)24-15)12-5-3-2-4-11(12)18/h2-9,20H,1H3/b15-9+. The first-order chi connectivity index (χ1) is 11.5. The van der Waals surface area contributed by atoms with E-state index in [4.69, 9.17) is 28.6 Å². The minimum Gasteiger partial charge on any atom is -0.504 e. The molecule has 0 saturated carbocycles. The Labute approximate surface area is 153 Å². The van der Waals surface area contributed by atoms with Gasteiger partial charge in [0.25, 0.3) is 5.91 Å². The van der Waals surface area contributed by atoms with Crippen molar-refractivity contribution in [1.82, 2.24) is 0 Å². The number of aromatic hydroxyl groups is 1. The fourth-order valence-electron chi connectivity index (χ4n) is 2.24. The van der Waals surface area contributed by atoms with Gasteiger partial charge in [-0.15, -0.1) is 0 Å². The number of thiocarbonyl (C=S) groups is 1. The lowest BCUT2D eigenvalue weighted by atomic mass is 10.2. The second-order valence-electron chi connectivity index (χ2n) is 4.90. The predicted octanol–water partition coefficient (Wildman–Crippen LogP) is 4.46. The van der Waals surface area contributed by atoms with Gasteiger partial charge in [-0.1, -0.05) is 53.8 Å². The Morgan fingerprint density at radius 2 is 2.04 bits per heavy atom. The Bertz CT molecular complexity index is 867. The van der Waals surface area contributed by atoms with Gasteiger partial charge in [0.15, 0.2) is 15.8 Å². The van der Waals surface area contributed by atoms with E-state index in [1.807, 2.05) is 0 Å². The van der Waals surface area contributed by atoms with Crippen molar-refractivity contribution in [3.05, 3.63) is 58.0 Å². The number of anilines is 1. The Morgan fingerprint density at radius 3 is 2.75 bits per heavy atom. The summed E-state index contributed by atoms with van der Waals surface area (Å²) in [4.78, 5) is 14.6. The maximum atomic E-state index is 12.7. The molecule has 2 aromatic carbocycles. The van der Waals surface area contributed by atoms with Crippen LogP contribution in [0.4, 0.5) is 5.69 Å². The van der Waals surface area contributed by atoms with Crippen LogP contribution >= 0.6 is 35.6 Å². The number of para-hydroxylation sites is 1. The van der Waals surface area contributed by atoms with Crippen molar-refractivity contribution in [1.29, 1.82) is 0 Å². The topological polar surface area (TPSA) is 49.8 Å². The van der Waals surface area contributed by atoms with Crippen LogP contribution in [0.25, 0.3) is 6.08 Å². The van der Waals surface area contributed by atoms with Crippen LogP contribution < -0.4 is 9.64 Å². The molecular weight excluding hydrogens is 366 g/mol. The largest absolute Gasteiger partial charge is 0.504 e. The Kier molecular flexibility index (Phi) is 4.80. The number of phenolic OH excluding ortho intramolecular Hbond substituents is 1. The van der Waals surface area contributed by atoms with E-state index in [2.05, 4.69) is 0 Å². The molecular formula is C17H12ClNO3S2. The molecule has 1 aliphatic rings. The number of hydrogen-bond donors (Lipinski definition) is 1. The summed E-state index contributed by atoms with van der Waals surface area (Å²) in [5.74, 6) is 0.147. The number of phenols is 1. The molecule has 0 aromatic heterocycles.